The molecule has 3 rings (SSSR count). The van der Waals surface area contributed by atoms with Crippen molar-refractivity contribution in [1.82, 2.24) is 4.98 Å². The molecule has 1 saturated heterocycles. The second-order valence-electron chi connectivity index (χ2n) is 5.61. The van der Waals surface area contributed by atoms with E-state index < -0.39 is 5.91 Å². The highest BCUT2D eigenvalue weighted by molar-refractivity contribution is 5.94. The zero-order valence-electron chi connectivity index (χ0n) is 12.5. The van der Waals surface area contributed by atoms with Crippen molar-refractivity contribution in [3.8, 4) is 11.3 Å². The minimum Gasteiger partial charge on any atom is -0.398 e. The number of primary amides is 1. The maximum Gasteiger partial charge on any atom is 0.248 e. The molecule has 1 aliphatic rings. The van der Waals surface area contributed by atoms with Crippen LogP contribution >= 0.6 is 0 Å². The first-order chi connectivity index (χ1) is 10.6. The van der Waals surface area contributed by atoms with Gasteiger partial charge in [0.25, 0.3) is 0 Å². The first kappa shape index (κ1) is 14.4. The summed E-state index contributed by atoms with van der Waals surface area (Å²) in [4.78, 5) is 18.0. The molecular weight excluding hydrogens is 276 g/mol. The van der Waals surface area contributed by atoms with Crippen LogP contribution in [-0.4, -0.2) is 24.0 Å². The van der Waals surface area contributed by atoms with Gasteiger partial charge in [0, 0.05) is 41.8 Å². The van der Waals surface area contributed by atoms with Crippen molar-refractivity contribution in [3.05, 3.63) is 42.1 Å². The zero-order valence-corrected chi connectivity index (χ0v) is 12.5. The molecule has 5 heteroatoms. The Morgan fingerprint density at radius 3 is 2.59 bits per heavy atom. The summed E-state index contributed by atoms with van der Waals surface area (Å²) < 4.78 is 0. The number of carbonyl (C=O) groups is 1. The molecule has 2 heterocycles. The van der Waals surface area contributed by atoms with Crippen molar-refractivity contribution in [2.24, 2.45) is 5.73 Å². The molecule has 5 nitrogen and oxygen atoms in total. The van der Waals surface area contributed by atoms with Crippen molar-refractivity contribution in [2.45, 2.75) is 19.3 Å². The Labute approximate surface area is 129 Å². The summed E-state index contributed by atoms with van der Waals surface area (Å²) in [6, 6.07) is 9.29. The highest BCUT2D eigenvalue weighted by Gasteiger charge is 2.14. The number of carbonyl (C=O) groups excluding carboxylic acids is 1. The van der Waals surface area contributed by atoms with E-state index in [1.54, 1.807) is 18.3 Å². The minimum absolute atomic E-state index is 0.438. The number of nitrogens with two attached hydrogens (primary N) is 2. The summed E-state index contributed by atoms with van der Waals surface area (Å²) in [5.74, 6) is -0.464. The maximum atomic E-state index is 11.3. The number of nitrogens with zero attached hydrogens (tertiary/aromatic N) is 2. The Balaban J connectivity index is 1.99. The third kappa shape index (κ3) is 2.88. The lowest BCUT2D eigenvalue weighted by Gasteiger charge is -2.29. The lowest BCUT2D eigenvalue weighted by atomic mass is 10.0. The Hall–Kier alpha value is -2.56. The van der Waals surface area contributed by atoms with Gasteiger partial charge in [0.1, 0.15) is 0 Å². The molecule has 114 valence electrons. The molecule has 0 spiro atoms. The van der Waals surface area contributed by atoms with Gasteiger partial charge in [-0.1, -0.05) is 0 Å². The third-order valence-electron chi connectivity index (χ3n) is 4.08. The van der Waals surface area contributed by atoms with Crippen LogP contribution in [0.15, 0.2) is 36.5 Å². The molecule has 1 aromatic heterocycles. The van der Waals surface area contributed by atoms with Gasteiger partial charge in [0.15, 0.2) is 0 Å². The molecule has 1 amide bonds. The first-order valence-electron chi connectivity index (χ1n) is 7.56. The average Bonchev–Trinajstić information content (AvgIpc) is 2.56. The number of pyridine rings is 1. The number of piperidine rings is 1. The summed E-state index contributed by atoms with van der Waals surface area (Å²) in [5.41, 5.74) is 15.2. The quantitative estimate of drug-likeness (QED) is 0.852. The monoisotopic (exact) mass is 296 g/mol. The van der Waals surface area contributed by atoms with E-state index in [4.69, 9.17) is 11.5 Å². The van der Waals surface area contributed by atoms with Crippen LogP contribution in [0.1, 0.15) is 29.6 Å². The molecule has 0 atom stereocenters. The number of hydrogen-bond acceptors (Lipinski definition) is 4. The Bertz CT molecular complexity index is 693. The third-order valence-corrected chi connectivity index (χ3v) is 4.08. The Kier molecular flexibility index (Phi) is 3.96. The van der Waals surface area contributed by atoms with Crippen LogP contribution in [0, 0.1) is 0 Å². The first-order valence-corrected chi connectivity index (χ1v) is 7.56. The minimum atomic E-state index is -0.464. The number of benzene rings is 1. The Morgan fingerprint density at radius 1 is 1.09 bits per heavy atom. The molecule has 22 heavy (non-hydrogen) atoms. The molecule has 0 bridgehead atoms. The van der Waals surface area contributed by atoms with Gasteiger partial charge < -0.3 is 16.4 Å². The van der Waals surface area contributed by atoms with Gasteiger partial charge in [-0.2, -0.15) is 0 Å². The van der Waals surface area contributed by atoms with Crippen LogP contribution in [0.4, 0.5) is 11.4 Å². The second kappa shape index (κ2) is 6.05. The van der Waals surface area contributed by atoms with Crippen LogP contribution in [0.25, 0.3) is 11.3 Å². The molecule has 2 aromatic rings. The van der Waals surface area contributed by atoms with Crippen molar-refractivity contribution in [1.29, 1.82) is 0 Å². The van der Waals surface area contributed by atoms with Gasteiger partial charge in [-0.25, -0.2) is 0 Å². The fourth-order valence-electron chi connectivity index (χ4n) is 2.85. The van der Waals surface area contributed by atoms with Crippen LogP contribution in [0.3, 0.4) is 0 Å². The van der Waals surface area contributed by atoms with Crippen molar-refractivity contribution < 1.29 is 4.79 Å². The summed E-state index contributed by atoms with van der Waals surface area (Å²) in [7, 11) is 0. The normalized spacial score (nSPS) is 14.8. The largest absolute Gasteiger partial charge is 0.398 e. The van der Waals surface area contributed by atoms with Gasteiger partial charge >= 0.3 is 0 Å². The molecule has 1 fully saturated rings. The molecule has 1 aliphatic heterocycles. The SMILES string of the molecule is NC(=O)c1ccnc(-c2cc(N3CCCCC3)ccc2N)c1. The summed E-state index contributed by atoms with van der Waals surface area (Å²) in [6.07, 6.45) is 5.31. The van der Waals surface area contributed by atoms with E-state index in [0.29, 0.717) is 16.9 Å². The van der Waals surface area contributed by atoms with E-state index in [1.807, 2.05) is 18.2 Å². The molecule has 1 aromatic carbocycles. The van der Waals surface area contributed by atoms with E-state index in [9.17, 15) is 4.79 Å². The fourth-order valence-corrected chi connectivity index (χ4v) is 2.85. The number of rotatable bonds is 3. The van der Waals surface area contributed by atoms with Gasteiger partial charge in [0.2, 0.25) is 5.91 Å². The Morgan fingerprint density at radius 2 is 1.86 bits per heavy atom. The number of hydrogen-bond donors (Lipinski definition) is 2. The zero-order chi connectivity index (χ0) is 15.5. The molecule has 0 aliphatic carbocycles. The predicted molar refractivity (Wildman–Crippen MR) is 88.7 cm³/mol. The predicted octanol–water partition coefficient (Wildman–Crippen LogP) is 2.42. The van der Waals surface area contributed by atoms with E-state index in [1.165, 1.54) is 19.3 Å². The standard InChI is InChI=1S/C17H20N4O/c18-15-5-4-13(21-8-2-1-3-9-21)11-14(15)16-10-12(17(19)22)6-7-20-16/h4-7,10-11H,1-3,8-9,18H2,(H2,19,22). The summed E-state index contributed by atoms with van der Waals surface area (Å²) in [5, 5.41) is 0. The van der Waals surface area contributed by atoms with E-state index in [-0.39, 0.29) is 0 Å². The van der Waals surface area contributed by atoms with Gasteiger partial charge in [-0.05, 0) is 49.6 Å². The van der Waals surface area contributed by atoms with Crippen LogP contribution in [0.5, 0.6) is 0 Å². The number of aromatic nitrogens is 1. The molecule has 0 saturated carbocycles. The van der Waals surface area contributed by atoms with E-state index in [0.717, 1.165) is 24.3 Å². The molecule has 4 N–H and O–H groups in total. The highest BCUT2D eigenvalue weighted by Crippen LogP contribution is 2.30. The second-order valence-corrected chi connectivity index (χ2v) is 5.61. The molecule has 0 unspecified atom stereocenters. The number of anilines is 2. The van der Waals surface area contributed by atoms with Crippen molar-refractivity contribution in [3.63, 3.8) is 0 Å². The smallest absolute Gasteiger partial charge is 0.248 e. The van der Waals surface area contributed by atoms with E-state index >= 15 is 0 Å². The van der Waals surface area contributed by atoms with Gasteiger partial charge in [-0.3, -0.25) is 9.78 Å². The summed E-state index contributed by atoms with van der Waals surface area (Å²) in [6.45, 7) is 2.14. The van der Waals surface area contributed by atoms with Gasteiger partial charge in [-0.15, -0.1) is 0 Å². The van der Waals surface area contributed by atoms with E-state index in [2.05, 4.69) is 9.88 Å². The summed E-state index contributed by atoms with van der Waals surface area (Å²) >= 11 is 0. The molecule has 0 radical (unpaired) electrons. The van der Waals surface area contributed by atoms with Crippen LogP contribution in [0.2, 0.25) is 0 Å². The molecular formula is C17H20N4O. The van der Waals surface area contributed by atoms with Crippen molar-refractivity contribution >= 4 is 17.3 Å². The van der Waals surface area contributed by atoms with Gasteiger partial charge in [0.05, 0.1) is 5.69 Å². The lowest BCUT2D eigenvalue weighted by Crippen LogP contribution is -2.29. The average molecular weight is 296 g/mol. The van der Waals surface area contributed by atoms with Crippen molar-refractivity contribution in [2.75, 3.05) is 23.7 Å². The topological polar surface area (TPSA) is 85.2 Å². The van der Waals surface area contributed by atoms with Crippen LogP contribution < -0.4 is 16.4 Å². The maximum absolute atomic E-state index is 11.3. The lowest BCUT2D eigenvalue weighted by molar-refractivity contribution is 0.1000. The number of amides is 1. The van der Waals surface area contributed by atoms with Crippen LogP contribution in [-0.2, 0) is 0 Å². The highest BCUT2D eigenvalue weighted by atomic mass is 16.1. The number of nitrogen functional groups attached to an aromatic ring is 1. The fraction of sp³-hybridized carbons (Fsp3) is 0.294.